The fraction of sp³-hybridized carbons (Fsp3) is 0.412. The van der Waals surface area contributed by atoms with E-state index in [0.29, 0.717) is 18.9 Å². The van der Waals surface area contributed by atoms with Crippen molar-refractivity contribution in [2.75, 3.05) is 32.5 Å². The fourth-order valence-corrected chi connectivity index (χ4v) is 2.35. The summed E-state index contributed by atoms with van der Waals surface area (Å²) in [6, 6.07) is 11.2. The van der Waals surface area contributed by atoms with Gasteiger partial charge in [0.1, 0.15) is 5.82 Å². The highest BCUT2D eigenvalue weighted by atomic mass is 16.2. The van der Waals surface area contributed by atoms with E-state index in [0.717, 1.165) is 23.1 Å². The normalized spacial score (nSPS) is 11.0. The minimum atomic E-state index is -0.309. The first-order chi connectivity index (χ1) is 11.0. The van der Waals surface area contributed by atoms with Crippen LogP contribution in [-0.2, 0) is 13.6 Å². The van der Waals surface area contributed by atoms with Crippen molar-refractivity contribution in [2.45, 2.75) is 13.0 Å². The lowest BCUT2D eigenvalue weighted by Crippen LogP contribution is -2.39. The van der Waals surface area contributed by atoms with Gasteiger partial charge in [0.05, 0.1) is 6.54 Å². The average molecular weight is 316 g/mol. The fourth-order valence-electron chi connectivity index (χ4n) is 2.35. The van der Waals surface area contributed by atoms with E-state index in [1.54, 1.807) is 4.57 Å². The zero-order valence-corrected chi connectivity index (χ0v) is 14.0. The lowest BCUT2D eigenvalue weighted by atomic mass is 10.2. The third-order valence-electron chi connectivity index (χ3n) is 3.67. The Morgan fingerprint density at radius 2 is 1.83 bits per heavy atom. The summed E-state index contributed by atoms with van der Waals surface area (Å²) in [6.45, 7) is 2.09. The second-order valence-electron chi connectivity index (χ2n) is 5.86. The standard InChI is InChI=1S/C17H24N4O2/c1-19(2)11-7-10-18-15-12-16(22)20(3)17(23)21(15)13-14-8-5-4-6-9-14/h4-6,8-9,12,18H,7,10-11,13H2,1-3H3. The topological polar surface area (TPSA) is 59.3 Å². The van der Waals surface area contributed by atoms with E-state index in [4.69, 9.17) is 0 Å². The highest BCUT2D eigenvalue weighted by Gasteiger charge is 2.09. The number of nitrogens with one attached hydrogen (secondary N) is 1. The molecule has 1 heterocycles. The van der Waals surface area contributed by atoms with Gasteiger partial charge in [0.2, 0.25) is 0 Å². The molecule has 0 saturated carbocycles. The molecule has 0 aliphatic heterocycles. The van der Waals surface area contributed by atoms with Crippen molar-refractivity contribution in [1.82, 2.24) is 14.0 Å². The van der Waals surface area contributed by atoms with Crippen LogP contribution in [0, 0.1) is 0 Å². The van der Waals surface area contributed by atoms with Crippen molar-refractivity contribution in [3.05, 3.63) is 62.8 Å². The third-order valence-corrected chi connectivity index (χ3v) is 3.67. The highest BCUT2D eigenvalue weighted by molar-refractivity contribution is 5.35. The predicted molar refractivity (Wildman–Crippen MR) is 93.1 cm³/mol. The number of hydrogen-bond acceptors (Lipinski definition) is 4. The molecule has 1 aromatic heterocycles. The van der Waals surface area contributed by atoms with E-state index in [2.05, 4.69) is 10.2 Å². The molecule has 1 aromatic carbocycles. The molecule has 0 saturated heterocycles. The lowest BCUT2D eigenvalue weighted by Gasteiger charge is -2.16. The number of rotatable bonds is 7. The summed E-state index contributed by atoms with van der Waals surface area (Å²) >= 11 is 0. The Morgan fingerprint density at radius 1 is 1.13 bits per heavy atom. The van der Waals surface area contributed by atoms with Gasteiger partial charge in [-0.25, -0.2) is 4.79 Å². The van der Waals surface area contributed by atoms with E-state index in [1.807, 2.05) is 44.4 Å². The number of nitrogens with zero attached hydrogens (tertiary/aromatic N) is 3. The van der Waals surface area contributed by atoms with Crippen LogP contribution in [0.3, 0.4) is 0 Å². The smallest absolute Gasteiger partial charge is 0.332 e. The largest absolute Gasteiger partial charge is 0.371 e. The molecule has 6 nitrogen and oxygen atoms in total. The van der Waals surface area contributed by atoms with Crippen LogP contribution in [0.25, 0.3) is 0 Å². The zero-order chi connectivity index (χ0) is 16.8. The molecule has 0 spiro atoms. The van der Waals surface area contributed by atoms with E-state index in [1.165, 1.54) is 13.1 Å². The first-order valence-corrected chi connectivity index (χ1v) is 7.72. The molecule has 2 rings (SSSR count). The van der Waals surface area contributed by atoms with Crippen molar-refractivity contribution < 1.29 is 0 Å². The number of hydrogen-bond donors (Lipinski definition) is 1. The van der Waals surface area contributed by atoms with Crippen LogP contribution in [0.5, 0.6) is 0 Å². The number of aromatic nitrogens is 2. The molecule has 2 aromatic rings. The van der Waals surface area contributed by atoms with Crippen molar-refractivity contribution in [2.24, 2.45) is 7.05 Å². The van der Waals surface area contributed by atoms with Gasteiger partial charge >= 0.3 is 5.69 Å². The third kappa shape index (κ3) is 4.56. The van der Waals surface area contributed by atoms with E-state index >= 15 is 0 Å². The highest BCUT2D eigenvalue weighted by Crippen LogP contribution is 2.07. The summed E-state index contributed by atoms with van der Waals surface area (Å²) in [6.07, 6.45) is 0.932. The monoisotopic (exact) mass is 316 g/mol. The minimum Gasteiger partial charge on any atom is -0.371 e. The predicted octanol–water partition coefficient (Wildman–Crippen LogP) is 0.959. The minimum absolute atomic E-state index is 0.297. The Bertz CT molecular complexity index is 747. The summed E-state index contributed by atoms with van der Waals surface area (Å²) in [4.78, 5) is 26.4. The number of benzene rings is 1. The lowest BCUT2D eigenvalue weighted by molar-refractivity contribution is 0.405. The van der Waals surface area contributed by atoms with Crippen LogP contribution >= 0.6 is 0 Å². The Hall–Kier alpha value is -2.34. The summed E-state index contributed by atoms with van der Waals surface area (Å²) in [5, 5.41) is 3.22. The van der Waals surface area contributed by atoms with Crippen molar-refractivity contribution in [1.29, 1.82) is 0 Å². The molecule has 0 fully saturated rings. The van der Waals surface area contributed by atoms with Gasteiger partial charge in [-0.2, -0.15) is 0 Å². The van der Waals surface area contributed by atoms with Gasteiger partial charge in [-0.05, 0) is 32.6 Å². The first-order valence-electron chi connectivity index (χ1n) is 7.72. The molecule has 0 amide bonds. The van der Waals surface area contributed by atoms with Gasteiger partial charge in [-0.1, -0.05) is 30.3 Å². The van der Waals surface area contributed by atoms with Gasteiger partial charge < -0.3 is 10.2 Å². The molecule has 6 heteroatoms. The Balaban J connectivity index is 2.25. The molecule has 0 radical (unpaired) electrons. The van der Waals surface area contributed by atoms with E-state index < -0.39 is 0 Å². The van der Waals surface area contributed by atoms with Crippen LogP contribution in [0.2, 0.25) is 0 Å². The van der Waals surface area contributed by atoms with Crippen LogP contribution in [0.15, 0.2) is 46.0 Å². The molecule has 124 valence electrons. The molecule has 0 aliphatic carbocycles. The molecular formula is C17H24N4O2. The Morgan fingerprint density at radius 3 is 2.48 bits per heavy atom. The van der Waals surface area contributed by atoms with Crippen LogP contribution < -0.4 is 16.6 Å². The van der Waals surface area contributed by atoms with Gasteiger partial charge in [-0.3, -0.25) is 13.9 Å². The maximum Gasteiger partial charge on any atom is 0.332 e. The summed E-state index contributed by atoms with van der Waals surface area (Å²) in [7, 11) is 5.54. The SMILES string of the molecule is CN(C)CCCNc1cc(=O)n(C)c(=O)n1Cc1ccccc1. The Kier molecular flexibility index (Phi) is 5.76. The Labute approximate surface area is 136 Å². The molecule has 1 N–H and O–H groups in total. The van der Waals surface area contributed by atoms with E-state index in [-0.39, 0.29) is 11.2 Å². The number of anilines is 1. The molecule has 0 aliphatic rings. The molecule has 23 heavy (non-hydrogen) atoms. The summed E-state index contributed by atoms with van der Waals surface area (Å²) in [5.74, 6) is 0.570. The van der Waals surface area contributed by atoms with Gasteiger partial charge in [0.15, 0.2) is 0 Å². The van der Waals surface area contributed by atoms with Crippen LogP contribution in [0.4, 0.5) is 5.82 Å². The van der Waals surface area contributed by atoms with Gasteiger partial charge in [-0.15, -0.1) is 0 Å². The van der Waals surface area contributed by atoms with Crippen LogP contribution in [-0.4, -0.2) is 41.2 Å². The molecule has 0 unspecified atom stereocenters. The zero-order valence-electron chi connectivity index (χ0n) is 14.0. The summed E-state index contributed by atoms with van der Waals surface area (Å²) < 4.78 is 2.74. The second-order valence-corrected chi connectivity index (χ2v) is 5.86. The first kappa shape index (κ1) is 17.0. The van der Waals surface area contributed by atoms with Crippen molar-refractivity contribution >= 4 is 5.82 Å². The summed E-state index contributed by atoms with van der Waals surface area (Å²) in [5.41, 5.74) is 0.412. The molecular weight excluding hydrogens is 292 g/mol. The van der Waals surface area contributed by atoms with Gasteiger partial charge in [0, 0.05) is 19.7 Å². The maximum absolute atomic E-state index is 12.4. The van der Waals surface area contributed by atoms with Crippen molar-refractivity contribution in [3.63, 3.8) is 0 Å². The molecule has 0 atom stereocenters. The van der Waals surface area contributed by atoms with Gasteiger partial charge in [0.25, 0.3) is 5.56 Å². The van der Waals surface area contributed by atoms with E-state index in [9.17, 15) is 9.59 Å². The average Bonchev–Trinajstić information content (AvgIpc) is 2.53. The maximum atomic E-state index is 12.4. The van der Waals surface area contributed by atoms with Crippen LogP contribution in [0.1, 0.15) is 12.0 Å². The second kappa shape index (κ2) is 7.78. The quantitative estimate of drug-likeness (QED) is 0.773. The van der Waals surface area contributed by atoms with Crippen molar-refractivity contribution in [3.8, 4) is 0 Å². The molecule has 0 bridgehead atoms.